The second-order valence-corrected chi connectivity index (χ2v) is 6.28. The number of hydrogen-bond acceptors (Lipinski definition) is 2. The maximum Gasteiger partial charge on any atom is 0.131 e. The molecule has 2 nitrogen and oxygen atoms in total. The third kappa shape index (κ3) is 1.88. The second-order valence-electron chi connectivity index (χ2n) is 6.28. The molecule has 0 amide bonds. The monoisotopic (exact) mass is 259 g/mol. The van der Waals surface area contributed by atoms with Crippen LogP contribution in [0.15, 0.2) is 24.3 Å². The first-order valence-electron chi connectivity index (χ1n) is 7.63. The maximum absolute atomic E-state index is 6.57. The van der Waals surface area contributed by atoms with Crippen LogP contribution < -0.4 is 4.74 Å². The summed E-state index contributed by atoms with van der Waals surface area (Å²) in [6.07, 6.45) is 6.27. The average Bonchev–Trinajstić information content (AvgIpc) is 2.73. The van der Waals surface area contributed by atoms with Crippen molar-refractivity contribution in [3.05, 3.63) is 29.8 Å². The van der Waals surface area contributed by atoms with Crippen LogP contribution in [-0.2, 0) is 0 Å². The van der Waals surface area contributed by atoms with Gasteiger partial charge in [0.25, 0.3) is 0 Å². The summed E-state index contributed by atoms with van der Waals surface area (Å²) in [5.41, 5.74) is 1.46. The molecule has 0 aromatic heterocycles. The predicted octanol–water partition coefficient (Wildman–Crippen LogP) is 3.82. The van der Waals surface area contributed by atoms with Crippen molar-refractivity contribution in [2.45, 2.75) is 56.6 Å². The van der Waals surface area contributed by atoms with Crippen molar-refractivity contribution in [3.8, 4) is 5.75 Å². The Hall–Kier alpha value is -1.02. The van der Waals surface area contributed by atoms with Gasteiger partial charge in [0, 0.05) is 17.5 Å². The van der Waals surface area contributed by atoms with Crippen LogP contribution in [0.1, 0.15) is 50.5 Å². The number of para-hydroxylation sites is 1. The first-order valence-corrected chi connectivity index (χ1v) is 7.63. The van der Waals surface area contributed by atoms with Crippen LogP contribution in [0.4, 0.5) is 0 Å². The van der Waals surface area contributed by atoms with Gasteiger partial charge in [-0.05, 0) is 45.8 Å². The molecule has 0 N–H and O–H groups in total. The highest BCUT2D eigenvalue weighted by Crippen LogP contribution is 2.54. The van der Waals surface area contributed by atoms with Crippen LogP contribution in [0.5, 0.6) is 5.75 Å². The third-order valence-electron chi connectivity index (χ3n) is 5.07. The first-order chi connectivity index (χ1) is 9.19. The zero-order valence-electron chi connectivity index (χ0n) is 12.4. The van der Waals surface area contributed by atoms with Crippen LogP contribution in [0.25, 0.3) is 0 Å². The average molecular weight is 259 g/mol. The van der Waals surface area contributed by atoms with E-state index in [1.807, 2.05) is 0 Å². The topological polar surface area (TPSA) is 12.5 Å². The Morgan fingerprint density at radius 3 is 2.84 bits per heavy atom. The van der Waals surface area contributed by atoms with Gasteiger partial charge in [-0.1, -0.05) is 31.5 Å². The van der Waals surface area contributed by atoms with E-state index in [0.29, 0.717) is 12.0 Å². The quantitative estimate of drug-likeness (QED) is 0.818. The highest BCUT2D eigenvalue weighted by atomic mass is 16.5. The highest BCUT2D eigenvalue weighted by Gasteiger charge is 2.54. The Morgan fingerprint density at radius 1 is 1.32 bits per heavy atom. The van der Waals surface area contributed by atoms with Crippen LogP contribution in [-0.4, -0.2) is 30.6 Å². The fourth-order valence-corrected chi connectivity index (χ4v) is 4.39. The Bertz CT molecular complexity index is 456. The molecular formula is C17H25NO. The Labute approximate surface area is 116 Å². The third-order valence-corrected chi connectivity index (χ3v) is 5.07. The summed E-state index contributed by atoms with van der Waals surface area (Å²) >= 11 is 0. The molecule has 2 heteroatoms. The summed E-state index contributed by atoms with van der Waals surface area (Å²) in [6, 6.07) is 9.18. The fraction of sp³-hybridized carbons (Fsp3) is 0.647. The van der Waals surface area contributed by atoms with Crippen LogP contribution in [0.2, 0.25) is 0 Å². The molecule has 0 spiro atoms. The van der Waals surface area contributed by atoms with Gasteiger partial charge in [-0.3, -0.25) is 0 Å². The number of benzene rings is 1. The lowest BCUT2D eigenvalue weighted by molar-refractivity contribution is -0.0363. The van der Waals surface area contributed by atoms with Crippen molar-refractivity contribution >= 4 is 0 Å². The SMILES string of the molecule is CCC(N(C)C)C12CCCCC1c1ccccc1O2. The number of fused-ring (bicyclic) bond motifs is 3. The molecule has 1 fully saturated rings. The summed E-state index contributed by atoms with van der Waals surface area (Å²) in [7, 11) is 4.39. The molecule has 0 saturated heterocycles. The van der Waals surface area contributed by atoms with E-state index < -0.39 is 0 Å². The summed E-state index contributed by atoms with van der Waals surface area (Å²) < 4.78 is 6.57. The Balaban J connectivity index is 2.04. The van der Waals surface area contributed by atoms with Crippen molar-refractivity contribution in [1.82, 2.24) is 4.90 Å². The lowest BCUT2D eigenvalue weighted by Crippen LogP contribution is -2.56. The molecule has 0 bridgehead atoms. The molecule has 1 aliphatic carbocycles. The van der Waals surface area contributed by atoms with Gasteiger partial charge in [0.2, 0.25) is 0 Å². The molecule has 3 rings (SSSR count). The second kappa shape index (κ2) is 4.82. The van der Waals surface area contributed by atoms with Gasteiger partial charge in [-0.15, -0.1) is 0 Å². The van der Waals surface area contributed by atoms with E-state index in [-0.39, 0.29) is 5.60 Å². The molecule has 19 heavy (non-hydrogen) atoms. The molecule has 1 aliphatic heterocycles. The van der Waals surface area contributed by atoms with E-state index in [1.165, 1.54) is 31.2 Å². The van der Waals surface area contributed by atoms with E-state index >= 15 is 0 Å². The van der Waals surface area contributed by atoms with Crippen molar-refractivity contribution in [2.75, 3.05) is 14.1 Å². The van der Waals surface area contributed by atoms with Gasteiger partial charge in [-0.2, -0.15) is 0 Å². The smallest absolute Gasteiger partial charge is 0.131 e. The molecule has 0 radical (unpaired) electrons. The highest BCUT2D eigenvalue weighted by molar-refractivity contribution is 5.44. The van der Waals surface area contributed by atoms with Gasteiger partial charge in [0.1, 0.15) is 11.4 Å². The lowest BCUT2D eigenvalue weighted by Gasteiger charge is -2.46. The zero-order chi connectivity index (χ0) is 13.5. The molecule has 3 unspecified atom stereocenters. The molecule has 1 aromatic carbocycles. The Kier molecular flexibility index (Phi) is 3.30. The molecule has 1 aromatic rings. The van der Waals surface area contributed by atoms with Crippen LogP contribution >= 0.6 is 0 Å². The van der Waals surface area contributed by atoms with Crippen molar-refractivity contribution in [2.24, 2.45) is 0 Å². The standard InChI is InChI=1S/C17H25NO/c1-4-16(18(2)3)17-12-8-7-10-14(17)13-9-5-6-11-15(13)19-17/h5-6,9,11,14,16H,4,7-8,10,12H2,1-3H3. The van der Waals surface area contributed by atoms with Gasteiger partial charge >= 0.3 is 0 Å². The van der Waals surface area contributed by atoms with E-state index in [2.05, 4.69) is 50.2 Å². The van der Waals surface area contributed by atoms with Crippen LogP contribution in [0, 0.1) is 0 Å². The number of likely N-dealkylation sites (N-methyl/N-ethyl adjacent to an activating group) is 1. The molecule has 1 heterocycles. The van der Waals surface area contributed by atoms with Crippen molar-refractivity contribution < 1.29 is 4.74 Å². The minimum absolute atomic E-state index is 0.0141. The Morgan fingerprint density at radius 2 is 2.11 bits per heavy atom. The molecule has 1 saturated carbocycles. The predicted molar refractivity (Wildman–Crippen MR) is 78.8 cm³/mol. The van der Waals surface area contributed by atoms with Gasteiger partial charge in [-0.25, -0.2) is 0 Å². The number of hydrogen-bond donors (Lipinski definition) is 0. The molecule has 3 atom stereocenters. The maximum atomic E-state index is 6.57. The number of nitrogens with zero attached hydrogens (tertiary/aromatic N) is 1. The molecule has 2 aliphatic rings. The van der Waals surface area contributed by atoms with Crippen molar-refractivity contribution in [3.63, 3.8) is 0 Å². The summed E-state index contributed by atoms with van der Waals surface area (Å²) in [5, 5.41) is 0. The lowest BCUT2D eigenvalue weighted by atomic mass is 9.69. The molecular weight excluding hydrogens is 234 g/mol. The minimum atomic E-state index is 0.0141. The number of ether oxygens (including phenoxy) is 1. The van der Waals surface area contributed by atoms with E-state index in [4.69, 9.17) is 4.74 Å². The number of rotatable bonds is 3. The fourth-order valence-electron chi connectivity index (χ4n) is 4.39. The summed E-state index contributed by atoms with van der Waals surface area (Å²) in [4.78, 5) is 2.37. The van der Waals surface area contributed by atoms with Gasteiger partial charge in [0.15, 0.2) is 0 Å². The van der Waals surface area contributed by atoms with Crippen LogP contribution in [0.3, 0.4) is 0 Å². The van der Waals surface area contributed by atoms with Crippen molar-refractivity contribution in [1.29, 1.82) is 0 Å². The van der Waals surface area contributed by atoms with Gasteiger partial charge < -0.3 is 9.64 Å². The van der Waals surface area contributed by atoms with E-state index in [0.717, 1.165) is 12.2 Å². The first kappa shape index (κ1) is 13.0. The van der Waals surface area contributed by atoms with Gasteiger partial charge in [0.05, 0.1) is 0 Å². The van der Waals surface area contributed by atoms with E-state index in [1.54, 1.807) is 0 Å². The summed E-state index contributed by atoms with van der Waals surface area (Å²) in [5.74, 6) is 1.72. The largest absolute Gasteiger partial charge is 0.485 e. The van der Waals surface area contributed by atoms with E-state index in [9.17, 15) is 0 Å². The molecule has 104 valence electrons. The zero-order valence-corrected chi connectivity index (χ0v) is 12.4. The normalized spacial score (nSPS) is 30.6. The minimum Gasteiger partial charge on any atom is -0.485 e. The summed E-state index contributed by atoms with van der Waals surface area (Å²) in [6.45, 7) is 2.29.